The molecule has 0 aliphatic rings. The second-order valence-electron chi connectivity index (χ2n) is 5.64. The molecule has 142 valence electrons. The number of halogens is 1. The van der Waals surface area contributed by atoms with Gasteiger partial charge in [-0.3, -0.25) is 4.72 Å². The molecule has 26 heavy (non-hydrogen) atoms. The number of sulfonamides is 2. The molecule has 2 aromatic rings. The van der Waals surface area contributed by atoms with E-state index in [1.165, 1.54) is 43.5 Å². The molecule has 2 rings (SSSR count). The van der Waals surface area contributed by atoms with Gasteiger partial charge in [-0.1, -0.05) is 6.07 Å². The molecule has 0 saturated carbocycles. The minimum atomic E-state index is -3.88. The van der Waals surface area contributed by atoms with Crippen molar-refractivity contribution in [1.29, 1.82) is 0 Å². The molecule has 1 atom stereocenters. The molecule has 0 heterocycles. The Hall–Kier alpha value is -2.17. The Labute approximate surface area is 152 Å². The molecule has 0 fully saturated rings. The van der Waals surface area contributed by atoms with E-state index in [0.29, 0.717) is 5.56 Å². The van der Waals surface area contributed by atoms with Crippen LogP contribution in [-0.2, 0) is 20.0 Å². The number of ether oxygens (including phenoxy) is 1. The molecule has 1 unspecified atom stereocenters. The van der Waals surface area contributed by atoms with Crippen LogP contribution in [0.4, 0.5) is 10.1 Å². The van der Waals surface area contributed by atoms with Gasteiger partial charge in [0.25, 0.3) is 0 Å². The first-order chi connectivity index (χ1) is 12.0. The molecule has 0 spiro atoms. The summed E-state index contributed by atoms with van der Waals surface area (Å²) in [5.74, 6) is -0.523. The topological polar surface area (TPSA) is 102 Å². The highest BCUT2D eigenvalue weighted by atomic mass is 32.2. The zero-order valence-electron chi connectivity index (χ0n) is 14.4. The first-order valence-electron chi connectivity index (χ1n) is 7.45. The van der Waals surface area contributed by atoms with E-state index in [9.17, 15) is 21.2 Å². The van der Waals surface area contributed by atoms with Gasteiger partial charge in [0, 0.05) is 11.7 Å². The van der Waals surface area contributed by atoms with Gasteiger partial charge in [0.1, 0.15) is 0 Å². The molecular formula is C16H19FN2O5S2. The highest BCUT2D eigenvalue weighted by Gasteiger charge is 2.19. The highest BCUT2D eigenvalue weighted by Crippen LogP contribution is 2.23. The maximum atomic E-state index is 13.8. The van der Waals surface area contributed by atoms with Crippen molar-refractivity contribution in [2.45, 2.75) is 17.9 Å². The van der Waals surface area contributed by atoms with Gasteiger partial charge in [0.2, 0.25) is 20.0 Å². The van der Waals surface area contributed by atoms with Crippen molar-refractivity contribution in [2.24, 2.45) is 0 Å². The number of rotatable bonds is 7. The monoisotopic (exact) mass is 402 g/mol. The number of methoxy groups -OCH3 is 1. The third-order valence-electron chi connectivity index (χ3n) is 3.48. The van der Waals surface area contributed by atoms with Gasteiger partial charge in [0.05, 0.1) is 18.3 Å². The highest BCUT2D eigenvalue weighted by molar-refractivity contribution is 7.92. The lowest BCUT2D eigenvalue weighted by molar-refractivity contribution is 0.386. The second kappa shape index (κ2) is 7.60. The van der Waals surface area contributed by atoms with Crippen LogP contribution in [0.2, 0.25) is 0 Å². The smallest absolute Gasteiger partial charge is 0.241 e. The largest absolute Gasteiger partial charge is 0.494 e. The van der Waals surface area contributed by atoms with E-state index in [4.69, 9.17) is 4.74 Å². The fourth-order valence-corrected chi connectivity index (χ4v) is 4.03. The quantitative estimate of drug-likeness (QED) is 0.740. The zero-order valence-corrected chi connectivity index (χ0v) is 16.0. The molecule has 0 aromatic heterocycles. The summed E-state index contributed by atoms with van der Waals surface area (Å²) in [6.07, 6.45) is 0.995. The summed E-state index contributed by atoms with van der Waals surface area (Å²) in [6.45, 7) is 1.58. The Morgan fingerprint density at radius 3 is 2.15 bits per heavy atom. The van der Waals surface area contributed by atoms with Crippen molar-refractivity contribution < 1.29 is 26.0 Å². The van der Waals surface area contributed by atoms with Crippen LogP contribution in [-0.4, -0.2) is 30.2 Å². The number of hydrogen-bond donors (Lipinski definition) is 2. The van der Waals surface area contributed by atoms with Gasteiger partial charge in [-0.2, -0.15) is 0 Å². The molecule has 2 aromatic carbocycles. The van der Waals surface area contributed by atoms with Crippen molar-refractivity contribution in [3.05, 3.63) is 53.8 Å². The fraction of sp³-hybridized carbons (Fsp3) is 0.250. The Morgan fingerprint density at radius 1 is 1.04 bits per heavy atom. The third kappa shape index (κ3) is 5.16. The number of benzene rings is 2. The zero-order chi connectivity index (χ0) is 19.5. The summed E-state index contributed by atoms with van der Waals surface area (Å²) in [5.41, 5.74) is 0.680. The lowest BCUT2D eigenvalue weighted by Crippen LogP contribution is -2.27. The first-order valence-corrected chi connectivity index (χ1v) is 10.8. The molecule has 0 radical (unpaired) electrons. The van der Waals surface area contributed by atoms with Crippen LogP contribution in [0.25, 0.3) is 0 Å². The predicted octanol–water partition coefficient (Wildman–Crippen LogP) is 2.25. The van der Waals surface area contributed by atoms with Crippen LogP contribution in [0.15, 0.2) is 47.4 Å². The Balaban J connectivity index is 2.18. The van der Waals surface area contributed by atoms with Crippen LogP contribution < -0.4 is 14.2 Å². The van der Waals surface area contributed by atoms with E-state index < -0.39 is 31.9 Å². The van der Waals surface area contributed by atoms with Crippen molar-refractivity contribution in [1.82, 2.24) is 4.72 Å². The van der Waals surface area contributed by atoms with Gasteiger partial charge in [-0.15, -0.1) is 0 Å². The van der Waals surface area contributed by atoms with Gasteiger partial charge in [0.15, 0.2) is 11.6 Å². The van der Waals surface area contributed by atoms with E-state index >= 15 is 0 Å². The number of hydrogen-bond acceptors (Lipinski definition) is 5. The van der Waals surface area contributed by atoms with Crippen LogP contribution >= 0.6 is 0 Å². The molecular weight excluding hydrogens is 383 g/mol. The van der Waals surface area contributed by atoms with Gasteiger partial charge >= 0.3 is 0 Å². The SMILES string of the molecule is COc1ccc(C(C)NS(=O)(=O)c2ccc(NS(C)(=O)=O)cc2)cc1F. The van der Waals surface area contributed by atoms with E-state index in [1.807, 2.05) is 0 Å². The molecule has 10 heteroatoms. The molecule has 0 bridgehead atoms. The van der Waals surface area contributed by atoms with E-state index in [1.54, 1.807) is 13.0 Å². The maximum Gasteiger partial charge on any atom is 0.241 e. The predicted molar refractivity (Wildman–Crippen MR) is 96.6 cm³/mol. The van der Waals surface area contributed by atoms with Crippen LogP contribution in [0.3, 0.4) is 0 Å². The van der Waals surface area contributed by atoms with Crippen molar-refractivity contribution in [2.75, 3.05) is 18.1 Å². The molecule has 7 nitrogen and oxygen atoms in total. The van der Waals surface area contributed by atoms with E-state index in [-0.39, 0.29) is 16.3 Å². The lowest BCUT2D eigenvalue weighted by atomic mass is 10.1. The molecule has 0 aliphatic carbocycles. The normalized spacial score (nSPS) is 13.2. The number of nitrogens with one attached hydrogen (secondary N) is 2. The Bertz CT molecular complexity index is 990. The molecule has 2 N–H and O–H groups in total. The summed E-state index contributed by atoms with van der Waals surface area (Å²) in [7, 11) is -5.99. The van der Waals surface area contributed by atoms with E-state index in [0.717, 1.165) is 6.26 Å². The Kier molecular flexibility index (Phi) is 5.89. The summed E-state index contributed by atoms with van der Waals surface area (Å²) in [6, 6.07) is 8.73. The van der Waals surface area contributed by atoms with E-state index in [2.05, 4.69) is 9.44 Å². The molecule has 0 saturated heterocycles. The van der Waals surface area contributed by atoms with Crippen LogP contribution in [0.5, 0.6) is 5.75 Å². The first kappa shape index (κ1) is 20.1. The van der Waals surface area contributed by atoms with Crippen molar-refractivity contribution >= 4 is 25.7 Å². The van der Waals surface area contributed by atoms with Crippen molar-refractivity contribution in [3.63, 3.8) is 0 Å². The molecule has 0 amide bonds. The minimum Gasteiger partial charge on any atom is -0.494 e. The third-order valence-corrected chi connectivity index (χ3v) is 5.64. The summed E-state index contributed by atoms with van der Waals surface area (Å²) in [5, 5.41) is 0. The summed E-state index contributed by atoms with van der Waals surface area (Å²) in [4.78, 5) is -0.0441. The summed E-state index contributed by atoms with van der Waals surface area (Å²) >= 11 is 0. The van der Waals surface area contributed by atoms with Crippen molar-refractivity contribution in [3.8, 4) is 5.75 Å². The standard InChI is InChI=1S/C16H19FN2O5S2/c1-11(12-4-9-16(24-2)15(17)10-12)18-26(22,23)14-7-5-13(6-8-14)19-25(3,20)21/h4-11,18-19H,1-3H3. The molecule has 0 aliphatic heterocycles. The number of anilines is 1. The van der Waals surface area contributed by atoms with Crippen LogP contribution in [0, 0.1) is 5.82 Å². The average molecular weight is 402 g/mol. The second-order valence-corrected chi connectivity index (χ2v) is 9.10. The Morgan fingerprint density at radius 2 is 1.65 bits per heavy atom. The average Bonchev–Trinajstić information content (AvgIpc) is 2.53. The fourth-order valence-electron chi connectivity index (χ4n) is 2.24. The van der Waals surface area contributed by atoms with Gasteiger partial charge in [-0.25, -0.2) is 25.9 Å². The summed E-state index contributed by atoms with van der Waals surface area (Å²) < 4.78 is 70.6. The van der Waals surface area contributed by atoms with Gasteiger partial charge in [-0.05, 0) is 48.9 Å². The lowest BCUT2D eigenvalue weighted by Gasteiger charge is -2.16. The maximum absolute atomic E-state index is 13.8. The minimum absolute atomic E-state index is 0.0441. The van der Waals surface area contributed by atoms with Gasteiger partial charge < -0.3 is 4.74 Å². The van der Waals surface area contributed by atoms with Crippen LogP contribution in [0.1, 0.15) is 18.5 Å².